The second-order valence-electron chi connectivity index (χ2n) is 6.36. The maximum Gasteiger partial charge on any atom is 0.261 e. The average Bonchev–Trinajstić information content (AvgIpc) is 2.71. The number of aryl methyl sites for hydroxylation is 1. The summed E-state index contributed by atoms with van der Waals surface area (Å²) >= 11 is 0. The molecule has 0 radical (unpaired) electrons. The fourth-order valence-electron chi connectivity index (χ4n) is 2.58. The van der Waals surface area contributed by atoms with Gasteiger partial charge in [0, 0.05) is 11.4 Å². The van der Waals surface area contributed by atoms with E-state index in [4.69, 9.17) is 0 Å². The molecule has 0 bridgehead atoms. The largest absolute Gasteiger partial charge is 0.280 e. The summed E-state index contributed by atoms with van der Waals surface area (Å²) in [4.78, 5) is -0.343. The maximum atomic E-state index is 13.3. The fraction of sp³-hybridized carbons (Fsp3) is 0.100. The highest BCUT2D eigenvalue weighted by Crippen LogP contribution is 2.22. The minimum Gasteiger partial charge on any atom is -0.280 e. The number of hydrogen-bond acceptors (Lipinski definition) is 4. The van der Waals surface area contributed by atoms with Gasteiger partial charge in [0.25, 0.3) is 20.0 Å². The highest BCUT2D eigenvalue weighted by atomic mass is 32.2. The topological polar surface area (TPSA) is 92.3 Å². The van der Waals surface area contributed by atoms with Crippen molar-refractivity contribution in [3.8, 4) is 0 Å². The van der Waals surface area contributed by atoms with Crippen LogP contribution in [-0.2, 0) is 26.5 Å². The molecule has 0 amide bonds. The van der Waals surface area contributed by atoms with Gasteiger partial charge in [-0.1, -0.05) is 19.1 Å². The summed E-state index contributed by atoms with van der Waals surface area (Å²) in [6.07, 6.45) is 0.787. The normalized spacial score (nSPS) is 11.8. The van der Waals surface area contributed by atoms with Gasteiger partial charge < -0.3 is 0 Å². The molecule has 0 saturated heterocycles. The van der Waals surface area contributed by atoms with Crippen LogP contribution in [0.3, 0.4) is 0 Å². The molecule has 6 nitrogen and oxygen atoms in total. The predicted molar refractivity (Wildman–Crippen MR) is 110 cm³/mol. The third-order valence-electron chi connectivity index (χ3n) is 4.23. The molecule has 10 heteroatoms. The minimum absolute atomic E-state index is 0.0998. The van der Waals surface area contributed by atoms with E-state index in [-0.39, 0.29) is 16.3 Å². The molecule has 0 aliphatic carbocycles. The summed E-state index contributed by atoms with van der Waals surface area (Å²) in [6.45, 7) is 1.96. The van der Waals surface area contributed by atoms with Crippen molar-refractivity contribution < 1.29 is 25.6 Å². The smallest absolute Gasteiger partial charge is 0.261 e. The van der Waals surface area contributed by atoms with Crippen molar-refractivity contribution >= 4 is 31.4 Å². The molecule has 3 aromatic rings. The van der Waals surface area contributed by atoms with E-state index in [1.54, 1.807) is 12.1 Å². The van der Waals surface area contributed by atoms with Gasteiger partial charge in [-0.15, -0.1) is 0 Å². The highest BCUT2D eigenvalue weighted by molar-refractivity contribution is 7.93. The van der Waals surface area contributed by atoms with E-state index in [0.717, 1.165) is 24.1 Å². The number of hydrogen-bond donors (Lipinski definition) is 2. The lowest BCUT2D eigenvalue weighted by Gasteiger charge is -2.11. The van der Waals surface area contributed by atoms with E-state index in [2.05, 4.69) is 9.44 Å². The Balaban J connectivity index is 1.74. The lowest BCUT2D eigenvalue weighted by atomic mass is 10.2. The Bertz CT molecular complexity index is 1260. The molecule has 158 valence electrons. The van der Waals surface area contributed by atoms with Crippen LogP contribution in [0.5, 0.6) is 0 Å². The highest BCUT2D eigenvalue weighted by Gasteiger charge is 2.17. The first-order chi connectivity index (χ1) is 14.1. The van der Waals surface area contributed by atoms with Gasteiger partial charge in [0.05, 0.1) is 9.79 Å². The summed E-state index contributed by atoms with van der Waals surface area (Å²) in [5.41, 5.74) is 1.35. The van der Waals surface area contributed by atoms with Crippen LogP contribution in [-0.4, -0.2) is 16.8 Å². The van der Waals surface area contributed by atoms with E-state index in [0.29, 0.717) is 6.07 Å². The second-order valence-corrected chi connectivity index (χ2v) is 9.73. The molecule has 0 saturated carbocycles. The van der Waals surface area contributed by atoms with Gasteiger partial charge in [-0.3, -0.25) is 9.44 Å². The molecule has 0 fully saturated rings. The molecule has 0 aliphatic rings. The standard InChI is InChI=1S/C20H18F2N2O4S2/c1-2-14-3-9-17(10-4-14)29(25,26)23-15-5-7-16(8-6-15)24-30(27,28)18-11-12-19(21)20(22)13-18/h3-13,23-24H,2H2,1H3. The molecular weight excluding hydrogens is 434 g/mol. The first kappa shape index (κ1) is 21.7. The molecule has 0 spiro atoms. The summed E-state index contributed by atoms with van der Waals surface area (Å²) < 4.78 is 80.5. The zero-order valence-electron chi connectivity index (χ0n) is 15.8. The molecule has 30 heavy (non-hydrogen) atoms. The Kier molecular flexibility index (Phi) is 6.09. The fourth-order valence-corrected chi connectivity index (χ4v) is 4.71. The summed E-state index contributed by atoms with van der Waals surface area (Å²) in [7, 11) is -7.95. The Morgan fingerprint density at radius 1 is 0.667 bits per heavy atom. The number of nitrogens with one attached hydrogen (secondary N) is 2. The van der Waals surface area contributed by atoms with Gasteiger partial charge in [0.15, 0.2) is 11.6 Å². The van der Waals surface area contributed by atoms with E-state index in [9.17, 15) is 25.6 Å². The van der Waals surface area contributed by atoms with Crippen LogP contribution in [0.1, 0.15) is 12.5 Å². The van der Waals surface area contributed by atoms with Crippen LogP contribution in [0.2, 0.25) is 0 Å². The lowest BCUT2D eigenvalue weighted by molar-refractivity contribution is 0.504. The van der Waals surface area contributed by atoms with E-state index in [1.807, 2.05) is 6.92 Å². The Hall–Kier alpha value is -2.98. The van der Waals surface area contributed by atoms with Crippen LogP contribution >= 0.6 is 0 Å². The van der Waals surface area contributed by atoms with Crippen molar-refractivity contribution in [2.24, 2.45) is 0 Å². The predicted octanol–water partition coefficient (Wildman–Crippen LogP) is 4.13. The first-order valence-electron chi connectivity index (χ1n) is 8.80. The number of anilines is 2. The van der Waals surface area contributed by atoms with Gasteiger partial charge >= 0.3 is 0 Å². The monoisotopic (exact) mass is 452 g/mol. The molecule has 2 N–H and O–H groups in total. The second kappa shape index (κ2) is 8.41. The third kappa shape index (κ3) is 4.95. The molecule has 3 aromatic carbocycles. The van der Waals surface area contributed by atoms with Crippen LogP contribution in [0.25, 0.3) is 0 Å². The van der Waals surface area contributed by atoms with E-state index >= 15 is 0 Å². The van der Waals surface area contributed by atoms with Gasteiger partial charge in [-0.25, -0.2) is 25.6 Å². The molecule has 0 aliphatic heterocycles. The summed E-state index contributed by atoms with van der Waals surface area (Å²) in [5, 5.41) is 0. The molecule has 0 heterocycles. The molecule has 0 aromatic heterocycles. The number of sulfonamides is 2. The van der Waals surface area contributed by atoms with Gasteiger partial charge in [0.2, 0.25) is 0 Å². The van der Waals surface area contributed by atoms with Crippen molar-refractivity contribution in [3.63, 3.8) is 0 Å². The number of rotatable bonds is 7. The van der Waals surface area contributed by atoms with E-state index < -0.39 is 36.6 Å². The summed E-state index contributed by atoms with van der Waals surface area (Å²) in [6, 6.07) is 14.1. The molecular formula is C20H18F2N2O4S2. The van der Waals surface area contributed by atoms with Crippen LogP contribution < -0.4 is 9.44 Å². The Morgan fingerprint density at radius 2 is 1.13 bits per heavy atom. The van der Waals surface area contributed by atoms with Gasteiger partial charge in [-0.05, 0) is 66.6 Å². The lowest BCUT2D eigenvalue weighted by Crippen LogP contribution is -2.14. The minimum atomic E-state index is -4.15. The average molecular weight is 453 g/mol. The summed E-state index contributed by atoms with van der Waals surface area (Å²) in [5.74, 6) is -2.44. The van der Waals surface area contributed by atoms with Crippen LogP contribution in [0, 0.1) is 11.6 Å². The van der Waals surface area contributed by atoms with Crippen molar-refractivity contribution in [2.75, 3.05) is 9.44 Å². The van der Waals surface area contributed by atoms with Crippen molar-refractivity contribution in [2.45, 2.75) is 23.1 Å². The van der Waals surface area contributed by atoms with Crippen LogP contribution in [0.15, 0.2) is 76.5 Å². The zero-order chi connectivity index (χ0) is 21.9. The SMILES string of the molecule is CCc1ccc(S(=O)(=O)Nc2ccc(NS(=O)(=O)c3ccc(F)c(F)c3)cc2)cc1. The Morgan fingerprint density at radius 3 is 1.60 bits per heavy atom. The van der Waals surface area contributed by atoms with Crippen molar-refractivity contribution in [1.82, 2.24) is 0 Å². The maximum absolute atomic E-state index is 13.3. The van der Waals surface area contributed by atoms with Crippen LogP contribution in [0.4, 0.5) is 20.2 Å². The Labute approximate surface area is 173 Å². The number of halogens is 2. The third-order valence-corrected chi connectivity index (χ3v) is 7.01. The quantitative estimate of drug-likeness (QED) is 0.564. The molecule has 0 unspecified atom stereocenters. The zero-order valence-corrected chi connectivity index (χ0v) is 17.4. The first-order valence-corrected chi connectivity index (χ1v) is 11.8. The van der Waals surface area contributed by atoms with Gasteiger partial charge in [-0.2, -0.15) is 0 Å². The molecule has 3 rings (SSSR count). The van der Waals surface area contributed by atoms with E-state index in [1.165, 1.54) is 36.4 Å². The van der Waals surface area contributed by atoms with Gasteiger partial charge in [0.1, 0.15) is 0 Å². The number of benzene rings is 3. The molecule has 0 atom stereocenters. The van der Waals surface area contributed by atoms with Crippen molar-refractivity contribution in [1.29, 1.82) is 0 Å². The van der Waals surface area contributed by atoms with Crippen molar-refractivity contribution in [3.05, 3.63) is 83.9 Å².